The lowest BCUT2D eigenvalue weighted by atomic mass is 9.98. The first kappa shape index (κ1) is 31.1. The molecule has 0 radical (unpaired) electrons. The molecule has 1 amide bonds. The third-order valence-electron chi connectivity index (χ3n) is 7.71. The molecule has 42 heavy (non-hydrogen) atoms. The van der Waals surface area contributed by atoms with E-state index in [1.807, 2.05) is 45.0 Å². The molecule has 0 unspecified atom stereocenters. The summed E-state index contributed by atoms with van der Waals surface area (Å²) in [6.45, 7) is 12.9. The number of hydrogen-bond acceptors (Lipinski definition) is 8. The molecule has 2 heterocycles. The number of carbonyl (C=O) groups excluding carboxylic acids is 1. The molecule has 0 spiro atoms. The number of carbonyl (C=O) groups is 1. The van der Waals surface area contributed by atoms with Crippen LogP contribution in [0.1, 0.15) is 57.1 Å². The highest BCUT2D eigenvalue weighted by atomic mass is 16.6. The van der Waals surface area contributed by atoms with Gasteiger partial charge in [-0.1, -0.05) is 32.9 Å². The summed E-state index contributed by atoms with van der Waals surface area (Å²) in [4.78, 5) is 31.1. The number of phenolic OH excluding ortho intramolecular Hbond substituents is 2. The summed E-state index contributed by atoms with van der Waals surface area (Å²) < 4.78 is 6.60. The fourth-order valence-electron chi connectivity index (χ4n) is 5.21. The predicted octanol–water partition coefficient (Wildman–Crippen LogP) is 4.14. The van der Waals surface area contributed by atoms with E-state index in [9.17, 15) is 19.8 Å². The van der Waals surface area contributed by atoms with Crippen molar-refractivity contribution in [2.75, 3.05) is 52.9 Å². The first-order valence-corrected chi connectivity index (χ1v) is 14.8. The molecule has 0 saturated carbocycles. The van der Waals surface area contributed by atoms with Gasteiger partial charge in [0, 0.05) is 52.4 Å². The van der Waals surface area contributed by atoms with Crippen molar-refractivity contribution in [3.8, 4) is 28.6 Å². The number of nitrogens with one attached hydrogen (secondary N) is 1. The Balaban J connectivity index is 1.29. The van der Waals surface area contributed by atoms with E-state index in [4.69, 9.17) is 4.74 Å². The van der Waals surface area contributed by atoms with E-state index < -0.39 is 5.69 Å². The molecule has 11 nitrogen and oxygen atoms in total. The number of piperazine rings is 1. The van der Waals surface area contributed by atoms with Crippen LogP contribution < -0.4 is 5.69 Å². The van der Waals surface area contributed by atoms with Gasteiger partial charge in [0.05, 0.1) is 17.9 Å². The molecule has 4 rings (SSSR count). The smallest absolute Gasteiger partial charge is 0.409 e. The van der Waals surface area contributed by atoms with Gasteiger partial charge >= 0.3 is 11.8 Å². The number of aromatic nitrogens is 3. The maximum Gasteiger partial charge on any atom is 0.409 e. The molecule has 0 aliphatic carbocycles. The van der Waals surface area contributed by atoms with Crippen LogP contribution in [-0.4, -0.2) is 98.7 Å². The van der Waals surface area contributed by atoms with E-state index in [1.165, 1.54) is 10.6 Å². The number of rotatable bonds is 12. The van der Waals surface area contributed by atoms with Crippen LogP contribution >= 0.6 is 0 Å². The molecule has 11 heteroatoms. The van der Waals surface area contributed by atoms with Crippen molar-refractivity contribution < 1.29 is 19.7 Å². The number of hydrogen-bond donors (Lipinski definition) is 3. The molecule has 3 N–H and O–H groups in total. The Morgan fingerprint density at radius 2 is 1.74 bits per heavy atom. The number of nitrogens with zero attached hydrogens (tertiary/aromatic N) is 5. The van der Waals surface area contributed by atoms with Gasteiger partial charge in [-0.25, -0.2) is 19.3 Å². The van der Waals surface area contributed by atoms with Gasteiger partial charge in [0.1, 0.15) is 11.5 Å². The van der Waals surface area contributed by atoms with Crippen molar-refractivity contribution in [3.63, 3.8) is 0 Å². The van der Waals surface area contributed by atoms with Gasteiger partial charge < -0.3 is 24.7 Å². The topological polar surface area (TPSA) is 127 Å². The number of aromatic amines is 1. The first-order chi connectivity index (χ1) is 20.2. The zero-order chi connectivity index (χ0) is 30.2. The lowest BCUT2D eigenvalue weighted by Crippen LogP contribution is -2.46. The summed E-state index contributed by atoms with van der Waals surface area (Å²) >= 11 is 0. The van der Waals surface area contributed by atoms with Crippen LogP contribution in [0.25, 0.3) is 17.1 Å². The van der Waals surface area contributed by atoms with Gasteiger partial charge in [-0.2, -0.15) is 5.10 Å². The summed E-state index contributed by atoms with van der Waals surface area (Å²) in [6.07, 6.45) is 2.59. The third kappa shape index (κ3) is 7.71. The predicted molar refractivity (Wildman–Crippen MR) is 162 cm³/mol. The molecule has 1 aliphatic heterocycles. The fraction of sp³-hybridized carbons (Fsp3) is 0.516. The molecule has 1 aliphatic rings. The van der Waals surface area contributed by atoms with Crippen molar-refractivity contribution >= 4 is 6.09 Å². The van der Waals surface area contributed by atoms with E-state index in [-0.39, 0.29) is 29.3 Å². The van der Waals surface area contributed by atoms with Crippen molar-refractivity contribution in [1.82, 2.24) is 29.5 Å². The number of phenols is 2. The number of ether oxygens (including phenoxy) is 1. The molecule has 1 aromatic heterocycles. The summed E-state index contributed by atoms with van der Waals surface area (Å²) in [5.74, 6) is 0.174. The van der Waals surface area contributed by atoms with Crippen LogP contribution in [0.4, 0.5) is 4.79 Å². The molecule has 3 aromatic rings. The number of aromatic hydroxyl groups is 2. The van der Waals surface area contributed by atoms with E-state index in [0.717, 1.165) is 64.1 Å². The van der Waals surface area contributed by atoms with E-state index in [0.29, 0.717) is 30.0 Å². The second-order valence-electron chi connectivity index (χ2n) is 11.3. The van der Waals surface area contributed by atoms with Crippen molar-refractivity contribution in [1.29, 1.82) is 0 Å². The molecule has 228 valence electrons. The summed E-state index contributed by atoms with van der Waals surface area (Å²) in [6, 6.07) is 10.8. The zero-order valence-electron chi connectivity index (χ0n) is 25.2. The van der Waals surface area contributed by atoms with Crippen LogP contribution in [0.15, 0.2) is 41.2 Å². The number of amides is 1. The van der Waals surface area contributed by atoms with Gasteiger partial charge in [-0.15, -0.1) is 0 Å². The molecule has 2 aromatic carbocycles. The van der Waals surface area contributed by atoms with Crippen LogP contribution in [0.3, 0.4) is 0 Å². The Bertz CT molecular complexity index is 1380. The van der Waals surface area contributed by atoms with Crippen LogP contribution in [0, 0.1) is 0 Å². The lowest BCUT2D eigenvalue weighted by Gasteiger charge is -2.34. The Hall–Kier alpha value is -3.83. The summed E-state index contributed by atoms with van der Waals surface area (Å²) in [5.41, 5.74) is 2.42. The normalized spacial score (nSPS) is 14.4. The third-order valence-corrected chi connectivity index (χ3v) is 7.71. The van der Waals surface area contributed by atoms with Crippen molar-refractivity contribution in [3.05, 3.63) is 58.0 Å². The Labute approximate surface area is 247 Å². The Morgan fingerprint density at radius 3 is 2.40 bits per heavy atom. The van der Waals surface area contributed by atoms with Gasteiger partial charge in [0.2, 0.25) is 0 Å². The van der Waals surface area contributed by atoms with Crippen LogP contribution in [0.5, 0.6) is 11.5 Å². The molecular weight excluding hydrogens is 536 g/mol. The standard InChI is InChI=1S/C31H44N6O5/c1-5-18-42-31(41)34(4)12-6-7-13-35-14-16-36(17-15-35)21-23-8-10-24(11-9-23)37-29(32-33-30(37)40)26-19-25(22(2)3)27(38)20-28(26)39/h8-11,19-20,22,38-39H,5-7,12-18,21H2,1-4H3,(H,33,40). The highest BCUT2D eigenvalue weighted by Crippen LogP contribution is 2.37. The molecular formula is C31H44N6O5. The summed E-state index contributed by atoms with van der Waals surface area (Å²) in [7, 11) is 1.79. The summed E-state index contributed by atoms with van der Waals surface area (Å²) in [5, 5.41) is 27.4. The number of benzene rings is 2. The number of unbranched alkanes of at least 4 members (excludes halogenated alkanes) is 1. The minimum absolute atomic E-state index is 0.00935. The second kappa shape index (κ2) is 14.4. The second-order valence-corrected chi connectivity index (χ2v) is 11.3. The van der Waals surface area contributed by atoms with Crippen molar-refractivity contribution in [2.24, 2.45) is 0 Å². The Kier molecular flexibility index (Phi) is 10.6. The van der Waals surface area contributed by atoms with E-state index >= 15 is 0 Å². The zero-order valence-corrected chi connectivity index (χ0v) is 25.2. The lowest BCUT2D eigenvalue weighted by molar-refractivity contribution is 0.108. The van der Waals surface area contributed by atoms with Crippen LogP contribution in [0.2, 0.25) is 0 Å². The average molecular weight is 581 g/mol. The van der Waals surface area contributed by atoms with E-state index in [2.05, 4.69) is 20.0 Å². The minimum Gasteiger partial charge on any atom is -0.508 e. The maximum absolute atomic E-state index is 12.7. The number of H-pyrrole nitrogens is 1. The highest BCUT2D eigenvalue weighted by molar-refractivity contribution is 5.69. The molecule has 1 saturated heterocycles. The average Bonchev–Trinajstić information content (AvgIpc) is 3.35. The molecule has 1 fully saturated rings. The molecule has 0 bridgehead atoms. The van der Waals surface area contributed by atoms with Gasteiger partial charge in [0.25, 0.3) is 0 Å². The van der Waals surface area contributed by atoms with Gasteiger partial charge in [-0.3, -0.25) is 4.90 Å². The van der Waals surface area contributed by atoms with Crippen LogP contribution in [-0.2, 0) is 11.3 Å². The van der Waals surface area contributed by atoms with Crippen molar-refractivity contribution in [2.45, 2.75) is 52.5 Å². The van der Waals surface area contributed by atoms with Gasteiger partial charge in [0.15, 0.2) is 5.82 Å². The van der Waals surface area contributed by atoms with E-state index in [1.54, 1.807) is 18.0 Å². The minimum atomic E-state index is -0.407. The monoisotopic (exact) mass is 580 g/mol. The van der Waals surface area contributed by atoms with Gasteiger partial charge in [-0.05, 0) is 61.1 Å². The quantitative estimate of drug-likeness (QED) is 0.273. The fourth-order valence-corrected chi connectivity index (χ4v) is 5.21. The Morgan fingerprint density at radius 1 is 1.05 bits per heavy atom. The highest BCUT2D eigenvalue weighted by Gasteiger charge is 2.20. The SMILES string of the molecule is CCCOC(=O)N(C)CCCCN1CCN(Cc2ccc(-n3c(-c4cc(C(C)C)c(O)cc4O)n[nH]c3=O)cc2)CC1. The largest absolute Gasteiger partial charge is 0.508 e. The maximum atomic E-state index is 12.7. The first-order valence-electron chi connectivity index (χ1n) is 14.8. The molecule has 0 atom stereocenters.